The highest BCUT2D eigenvalue weighted by Crippen LogP contribution is 2.25. The Labute approximate surface area is 136 Å². The molecule has 0 amide bonds. The lowest BCUT2D eigenvalue weighted by molar-refractivity contribution is -0.142. The fourth-order valence-corrected chi connectivity index (χ4v) is 2.12. The molecule has 0 aliphatic carbocycles. The van der Waals surface area contributed by atoms with Crippen molar-refractivity contribution < 1.29 is 19.0 Å². The number of hydrogen-bond donors (Lipinski definition) is 0. The second-order valence-corrected chi connectivity index (χ2v) is 4.93. The number of esters is 1. The van der Waals surface area contributed by atoms with Crippen LogP contribution in [0.15, 0.2) is 54.6 Å². The summed E-state index contributed by atoms with van der Waals surface area (Å²) in [5.41, 5.74) is 1.73. The first-order valence-corrected chi connectivity index (χ1v) is 7.29. The fraction of sp³-hybridized carbons (Fsp3) is 0.211. The van der Waals surface area contributed by atoms with Crippen molar-refractivity contribution in [2.45, 2.75) is 13.0 Å². The number of benzene rings is 2. The zero-order valence-corrected chi connectivity index (χ0v) is 13.5. The van der Waals surface area contributed by atoms with Crippen molar-refractivity contribution in [3.63, 3.8) is 0 Å². The Balaban J connectivity index is 2.04. The van der Waals surface area contributed by atoms with Gasteiger partial charge in [-0.1, -0.05) is 30.3 Å². The molecule has 1 atom stereocenters. The summed E-state index contributed by atoms with van der Waals surface area (Å²) in [6, 6.07) is 15.0. The number of hydrogen-bond acceptors (Lipinski definition) is 4. The van der Waals surface area contributed by atoms with Gasteiger partial charge in [-0.15, -0.1) is 0 Å². The van der Waals surface area contributed by atoms with E-state index >= 15 is 0 Å². The van der Waals surface area contributed by atoms with Gasteiger partial charge in [0.25, 0.3) is 0 Å². The van der Waals surface area contributed by atoms with Crippen LogP contribution in [0.4, 0.5) is 0 Å². The van der Waals surface area contributed by atoms with Crippen molar-refractivity contribution in [2.24, 2.45) is 0 Å². The molecule has 120 valence electrons. The van der Waals surface area contributed by atoms with Crippen LogP contribution in [0.5, 0.6) is 11.5 Å². The van der Waals surface area contributed by atoms with Crippen molar-refractivity contribution in [1.29, 1.82) is 0 Å². The van der Waals surface area contributed by atoms with Gasteiger partial charge >= 0.3 is 5.97 Å². The van der Waals surface area contributed by atoms with Crippen molar-refractivity contribution in [1.82, 2.24) is 0 Å². The average molecular weight is 312 g/mol. The maximum Gasteiger partial charge on any atom is 0.331 e. The van der Waals surface area contributed by atoms with Crippen LogP contribution in [0.3, 0.4) is 0 Å². The summed E-state index contributed by atoms with van der Waals surface area (Å²) in [5.74, 6) is 0.919. The van der Waals surface area contributed by atoms with E-state index in [1.165, 1.54) is 6.08 Å². The predicted octanol–water partition coefficient (Wildman–Crippen LogP) is 4.02. The van der Waals surface area contributed by atoms with E-state index in [2.05, 4.69) is 0 Å². The lowest BCUT2D eigenvalue weighted by Gasteiger charge is -2.12. The summed E-state index contributed by atoms with van der Waals surface area (Å²) in [6.45, 7) is 1.84. The van der Waals surface area contributed by atoms with Gasteiger partial charge in [0.1, 0.15) is 17.6 Å². The molecule has 4 heteroatoms. The number of rotatable bonds is 6. The number of ether oxygens (including phenoxy) is 3. The third kappa shape index (κ3) is 4.61. The standard InChI is InChI=1S/C19H20O4/c1-14(15-7-5-4-6-8-15)23-19(20)12-10-16-9-11-17(21-2)13-18(16)22-3/h4-14H,1-3H3/b12-10+/t14-/m1/s1. The lowest BCUT2D eigenvalue weighted by Crippen LogP contribution is -2.05. The molecular formula is C19H20O4. The fourth-order valence-electron chi connectivity index (χ4n) is 2.12. The lowest BCUT2D eigenvalue weighted by atomic mass is 10.1. The first-order chi connectivity index (χ1) is 11.1. The zero-order chi connectivity index (χ0) is 16.7. The third-order valence-corrected chi connectivity index (χ3v) is 3.40. The van der Waals surface area contributed by atoms with Gasteiger partial charge in [0, 0.05) is 17.7 Å². The van der Waals surface area contributed by atoms with E-state index in [0.29, 0.717) is 11.5 Å². The molecule has 0 N–H and O–H groups in total. The first kappa shape index (κ1) is 16.6. The summed E-state index contributed by atoms with van der Waals surface area (Å²) in [6.07, 6.45) is 2.76. The topological polar surface area (TPSA) is 44.8 Å². The van der Waals surface area contributed by atoms with E-state index in [0.717, 1.165) is 11.1 Å². The second-order valence-electron chi connectivity index (χ2n) is 4.93. The van der Waals surface area contributed by atoms with Crippen LogP contribution < -0.4 is 9.47 Å². The molecule has 0 aromatic heterocycles. The molecule has 2 aromatic rings. The molecule has 2 rings (SSSR count). The van der Waals surface area contributed by atoms with Crippen LogP contribution in [-0.4, -0.2) is 20.2 Å². The summed E-state index contributed by atoms with van der Waals surface area (Å²) in [5, 5.41) is 0. The molecule has 0 aliphatic rings. The van der Waals surface area contributed by atoms with E-state index in [4.69, 9.17) is 14.2 Å². The first-order valence-electron chi connectivity index (χ1n) is 7.29. The SMILES string of the molecule is COc1ccc(/C=C/C(=O)O[C@H](C)c2ccccc2)c(OC)c1. The Hall–Kier alpha value is -2.75. The predicted molar refractivity (Wildman–Crippen MR) is 89.5 cm³/mol. The van der Waals surface area contributed by atoms with E-state index in [9.17, 15) is 4.79 Å². The van der Waals surface area contributed by atoms with Gasteiger partial charge in [-0.25, -0.2) is 4.79 Å². The van der Waals surface area contributed by atoms with E-state index in [-0.39, 0.29) is 6.10 Å². The highest BCUT2D eigenvalue weighted by molar-refractivity contribution is 5.87. The molecular weight excluding hydrogens is 292 g/mol. The highest BCUT2D eigenvalue weighted by Gasteiger charge is 2.09. The van der Waals surface area contributed by atoms with Crippen LogP contribution in [0.25, 0.3) is 6.08 Å². The third-order valence-electron chi connectivity index (χ3n) is 3.40. The van der Waals surface area contributed by atoms with E-state index < -0.39 is 5.97 Å². The Kier molecular flexibility index (Phi) is 5.80. The monoisotopic (exact) mass is 312 g/mol. The highest BCUT2D eigenvalue weighted by atomic mass is 16.5. The summed E-state index contributed by atoms with van der Waals surface area (Å²) in [4.78, 5) is 11.9. The Morgan fingerprint density at radius 2 is 1.78 bits per heavy atom. The normalized spacial score (nSPS) is 12.0. The molecule has 0 unspecified atom stereocenters. The molecule has 0 bridgehead atoms. The minimum absolute atomic E-state index is 0.300. The Morgan fingerprint density at radius 3 is 2.43 bits per heavy atom. The van der Waals surface area contributed by atoms with Crippen LogP contribution in [-0.2, 0) is 9.53 Å². The minimum Gasteiger partial charge on any atom is -0.497 e. The van der Waals surface area contributed by atoms with Crippen molar-refractivity contribution in [3.8, 4) is 11.5 Å². The van der Waals surface area contributed by atoms with Crippen molar-refractivity contribution in [3.05, 3.63) is 65.7 Å². The van der Waals surface area contributed by atoms with Gasteiger partial charge in [-0.05, 0) is 30.7 Å². The summed E-state index contributed by atoms with van der Waals surface area (Å²) < 4.78 is 15.8. The van der Waals surface area contributed by atoms with Gasteiger partial charge in [0.15, 0.2) is 0 Å². The number of carbonyl (C=O) groups excluding carboxylic acids is 1. The maximum absolute atomic E-state index is 11.9. The van der Waals surface area contributed by atoms with Crippen LogP contribution in [0.2, 0.25) is 0 Å². The molecule has 23 heavy (non-hydrogen) atoms. The minimum atomic E-state index is -0.403. The molecule has 0 heterocycles. The quantitative estimate of drug-likeness (QED) is 0.597. The molecule has 0 aliphatic heterocycles. The van der Waals surface area contributed by atoms with Crippen molar-refractivity contribution >= 4 is 12.0 Å². The zero-order valence-electron chi connectivity index (χ0n) is 13.5. The van der Waals surface area contributed by atoms with Gasteiger partial charge < -0.3 is 14.2 Å². The Morgan fingerprint density at radius 1 is 1.04 bits per heavy atom. The summed E-state index contributed by atoms with van der Waals surface area (Å²) >= 11 is 0. The number of carbonyl (C=O) groups is 1. The second kappa shape index (κ2) is 8.03. The molecule has 2 aromatic carbocycles. The smallest absolute Gasteiger partial charge is 0.331 e. The largest absolute Gasteiger partial charge is 0.497 e. The van der Waals surface area contributed by atoms with Crippen LogP contribution in [0.1, 0.15) is 24.2 Å². The van der Waals surface area contributed by atoms with Gasteiger partial charge in [-0.3, -0.25) is 0 Å². The van der Waals surface area contributed by atoms with Crippen LogP contribution >= 0.6 is 0 Å². The maximum atomic E-state index is 11.9. The van der Waals surface area contributed by atoms with Crippen molar-refractivity contribution in [2.75, 3.05) is 14.2 Å². The average Bonchev–Trinajstić information content (AvgIpc) is 2.60. The molecule has 0 spiro atoms. The molecule has 0 saturated heterocycles. The van der Waals surface area contributed by atoms with Gasteiger partial charge in [0.2, 0.25) is 0 Å². The molecule has 4 nitrogen and oxygen atoms in total. The summed E-state index contributed by atoms with van der Waals surface area (Å²) in [7, 11) is 3.16. The van der Waals surface area contributed by atoms with Gasteiger partial charge in [0.05, 0.1) is 14.2 Å². The molecule has 0 fully saturated rings. The van der Waals surface area contributed by atoms with E-state index in [1.54, 1.807) is 32.4 Å². The molecule has 0 radical (unpaired) electrons. The number of methoxy groups -OCH3 is 2. The van der Waals surface area contributed by atoms with Crippen LogP contribution in [0, 0.1) is 0 Å². The Bertz CT molecular complexity index is 677. The van der Waals surface area contributed by atoms with E-state index in [1.807, 2.05) is 43.3 Å². The van der Waals surface area contributed by atoms with Gasteiger partial charge in [-0.2, -0.15) is 0 Å². The molecule has 0 saturated carbocycles.